The molecule has 1 saturated carbocycles. The average molecular weight is 355 g/mol. The van der Waals surface area contributed by atoms with E-state index in [0.717, 1.165) is 33.9 Å². The zero-order chi connectivity index (χ0) is 18.2. The highest BCUT2D eigenvalue weighted by Crippen LogP contribution is 2.29. The van der Waals surface area contributed by atoms with E-state index in [1.165, 1.54) is 24.9 Å². The fourth-order valence-electron chi connectivity index (χ4n) is 3.53. The first-order valence-electron chi connectivity index (χ1n) is 9.42. The molecule has 5 nitrogen and oxygen atoms in total. The fourth-order valence-corrected chi connectivity index (χ4v) is 3.53. The number of nitrogens with one attached hydrogen (secondary N) is 1. The summed E-state index contributed by atoms with van der Waals surface area (Å²) in [6, 6.07) is 19.4. The molecular formula is C22H21N5. The molecule has 2 aromatic carbocycles. The molecule has 2 heterocycles. The maximum atomic E-state index is 4.87. The van der Waals surface area contributed by atoms with Crippen molar-refractivity contribution in [2.45, 2.75) is 32.2 Å². The van der Waals surface area contributed by atoms with Crippen LogP contribution in [0.3, 0.4) is 0 Å². The van der Waals surface area contributed by atoms with Gasteiger partial charge in [0.2, 0.25) is 0 Å². The first kappa shape index (κ1) is 16.0. The number of nitrogens with zero attached hydrogens (tertiary/aromatic N) is 4. The lowest BCUT2D eigenvalue weighted by Crippen LogP contribution is -2.26. The predicted octanol–water partition coefficient (Wildman–Crippen LogP) is 4.76. The normalized spacial score (nSPS) is 14.3. The molecule has 5 rings (SSSR count). The van der Waals surface area contributed by atoms with Gasteiger partial charge in [0.1, 0.15) is 17.7 Å². The van der Waals surface area contributed by atoms with Crippen molar-refractivity contribution in [2.75, 3.05) is 5.32 Å². The minimum Gasteiger partial charge on any atom is -0.382 e. The van der Waals surface area contributed by atoms with Crippen LogP contribution in [0.1, 0.15) is 25.0 Å². The summed E-state index contributed by atoms with van der Waals surface area (Å²) in [5, 5.41) is 3.59. The van der Waals surface area contributed by atoms with Crippen molar-refractivity contribution in [3.05, 3.63) is 66.6 Å². The summed E-state index contributed by atoms with van der Waals surface area (Å²) in [7, 11) is 0. The molecule has 134 valence electrons. The Balaban J connectivity index is 1.63. The lowest BCUT2D eigenvalue weighted by molar-refractivity contribution is 0.445. The zero-order valence-electron chi connectivity index (χ0n) is 15.3. The van der Waals surface area contributed by atoms with Crippen LogP contribution in [0, 0.1) is 6.92 Å². The van der Waals surface area contributed by atoms with Crippen molar-refractivity contribution < 1.29 is 0 Å². The molecule has 4 aromatic rings. The summed E-state index contributed by atoms with van der Waals surface area (Å²) < 4.78 is 2.12. The van der Waals surface area contributed by atoms with Gasteiger partial charge in [-0.05, 0) is 50.5 Å². The summed E-state index contributed by atoms with van der Waals surface area (Å²) in [4.78, 5) is 13.7. The minimum atomic E-state index is 0.625. The van der Waals surface area contributed by atoms with E-state index in [2.05, 4.69) is 56.3 Å². The van der Waals surface area contributed by atoms with Crippen LogP contribution in [0.2, 0.25) is 0 Å². The van der Waals surface area contributed by atoms with Crippen LogP contribution in [-0.4, -0.2) is 25.6 Å². The van der Waals surface area contributed by atoms with E-state index in [4.69, 9.17) is 4.98 Å². The topological polar surface area (TPSA) is 55.6 Å². The molecule has 0 amide bonds. The molecule has 5 heteroatoms. The zero-order valence-corrected chi connectivity index (χ0v) is 15.3. The smallest absolute Gasteiger partial charge is 0.168 e. The van der Waals surface area contributed by atoms with Crippen LogP contribution >= 0.6 is 0 Å². The van der Waals surface area contributed by atoms with E-state index in [0.29, 0.717) is 6.04 Å². The molecular weight excluding hydrogens is 334 g/mol. The van der Waals surface area contributed by atoms with Crippen molar-refractivity contribution >= 4 is 16.9 Å². The van der Waals surface area contributed by atoms with Gasteiger partial charge in [-0.2, -0.15) is 0 Å². The summed E-state index contributed by atoms with van der Waals surface area (Å²) >= 11 is 0. The Morgan fingerprint density at radius 2 is 1.74 bits per heavy atom. The van der Waals surface area contributed by atoms with E-state index in [-0.39, 0.29) is 0 Å². The summed E-state index contributed by atoms with van der Waals surface area (Å²) in [5.41, 5.74) is 5.84. The second-order valence-electron chi connectivity index (χ2n) is 7.09. The van der Waals surface area contributed by atoms with E-state index < -0.39 is 0 Å². The Kier molecular flexibility index (Phi) is 3.85. The maximum absolute atomic E-state index is 4.87. The highest BCUT2D eigenvalue weighted by molar-refractivity contribution is 5.81. The summed E-state index contributed by atoms with van der Waals surface area (Å²) in [6.45, 7) is 1.97. The SMILES string of the molecule is Cc1ncnc2c1nc(-c1ccccc1)n2-c1ccc(NC2CCC2)cc1. The first-order valence-corrected chi connectivity index (χ1v) is 9.42. The van der Waals surface area contributed by atoms with Crippen LogP contribution in [0.5, 0.6) is 0 Å². The molecule has 0 atom stereocenters. The number of imidazole rings is 1. The lowest BCUT2D eigenvalue weighted by Gasteiger charge is -2.27. The molecule has 0 radical (unpaired) electrons. The molecule has 1 aliphatic rings. The van der Waals surface area contributed by atoms with Crippen molar-refractivity contribution in [3.8, 4) is 17.1 Å². The van der Waals surface area contributed by atoms with Gasteiger partial charge in [0.05, 0.1) is 5.69 Å². The van der Waals surface area contributed by atoms with E-state index in [9.17, 15) is 0 Å². The minimum absolute atomic E-state index is 0.625. The number of rotatable bonds is 4. The highest BCUT2D eigenvalue weighted by Gasteiger charge is 2.18. The Morgan fingerprint density at radius 3 is 2.44 bits per heavy atom. The Morgan fingerprint density at radius 1 is 0.963 bits per heavy atom. The predicted molar refractivity (Wildman–Crippen MR) is 108 cm³/mol. The van der Waals surface area contributed by atoms with Crippen LogP contribution in [0.4, 0.5) is 5.69 Å². The quantitative estimate of drug-likeness (QED) is 0.574. The molecule has 0 aliphatic heterocycles. The molecule has 2 aromatic heterocycles. The monoisotopic (exact) mass is 355 g/mol. The number of aromatic nitrogens is 4. The highest BCUT2D eigenvalue weighted by atomic mass is 15.1. The third-order valence-corrected chi connectivity index (χ3v) is 5.26. The number of benzene rings is 2. The van der Waals surface area contributed by atoms with Gasteiger partial charge in [0.15, 0.2) is 5.65 Å². The maximum Gasteiger partial charge on any atom is 0.168 e. The molecule has 1 N–H and O–H groups in total. The van der Waals surface area contributed by atoms with Crippen LogP contribution in [0.15, 0.2) is 60.9 Å². The standard InChI is InChI=1S/C22H21N5/c1-15-20-22(24-14-23-15)27(21(26-20)16-6-3-2-4-7-16)19-12-10-18(11-13-19)25-17-8-5-9-17/h2-4,6-7,10-14,17,25H,5,8-9H2,1H3. The van der Waals surface area contributed by atoms with Crippen molar-refractivity contribution in [1.82, 2.24) is 19.5 Å². The van der Waals surface area contributed by atoms with E-state index in [1.54, 1.807) is 6.33 Å². The molecule has 0 bridgehead atoms. The summed E-state index contributed by atoms with van der Waals surface area (Å²) in [5.74, 6) is 0.883. The molecule has 0 unspecified atom stereocenters. The van der Waals surface area contributed by atoms with Gasteiger partial charge in [-0.25, -0.2) is 15.0 Å². The third kappa shape index (κ3) is 2.85. The van der Waals surface area contributed by atoms with Gasteiger partial charge in [-0.15, -0.1) is 0 Å². The van der Waals surface area contributed by atoms with Crippen LogP contribution < -0.4 is 5.32 Å². The van der Waals surface area contributed by atoms with Gasteiger partial charge < -0.3 is 5.32 Å². The molecule has 0 saturated heterocycles. The van der Waals surface area contributed by atoms with Crippen molar-refractivity contribution in [2.24, 2.45) is 0 Å². The Hall–Kier alpha value is -3.21. The fraction of sp³-hybridized carbons (Fsp3) is 0.227. The van der Waals surface area contributed by atoms with Crippen molar-refractivity contribution in [1.29, 1.82) is 0 Å². The number of fused-ring (bicyclic) bond motifs is 1. The van der Waals surface area contributed by atoms with E-state index >= 15 is 0 Å². The molecule has 1 fully saturated rings. The Labute approximate surface area is 158 Å². The summed E-state index contributed by atoms with van der Waals surface area (Å²) in [6.07, 6.45) is 5.47. The third-order valence-electron chi connectivity index (χ3n) is 5.26. The molecule has 27 heavy (non-hydrogen) atoms. The van der Waals surface area contributed by atoms with Gasteiger partial charge in [0, 0.05) is 23.0 Å². The van der Waals surface area contributed by atoms with Crippen LogP contribution in [0.25, 0.3) is 28.2 Å². The number of anilines is 1. The largest absolute Gasteiger partial charge is 0.382 e. The lowest BCUT2D eigenvalue weighted by atomic mass is 9.93. The first-order chi connectivity index (χ1) is 13.3. The van der Waals surface area contributed by atoms with Gasteiger partial charge in [0.25, 0.3) is 0 Å². The second-order valence-corrected chi connectivity index (χ2v) is 7.09. The average Bonchev–Trinajstić information content (AvgIpc) is 3.07. The molecule has 1 aliphatic carbocycles. The number of aryl methyl sites for hydroxylation is 1. The Bertz CT molecular complexity index is 1080. The van der Waals surface area contributed by atoms with Gasteiger partial charge >= 0.3 is 0 Å². The number of hydrogen-bond acceptors (Lipinski definition) is 4. The van der Waals surface area contributed by atoms with Crippen LogP contribution in [-0.2, 0) is 0 Å². The van der Waals surface area contributed by atoms with Gasteiger partial charge in [-0.1, -0.05) is 30.3 Å². The second kappa shape index (κ2) is 6.50. The van der Waals surface area contributed by atoms with E-state index in [1.807, 2.05) is 25.1 Å². The molecule has 0 spiro atoms. The van der Waals surface area contributed by atoms with Crippen molar-refractivity contribution in [3.63, 3.8) is 0 Å². The number of hydrogen-bond donors (Lipinski definition) is 1. The van der Waals surface area contributed by atoms with Gasteiger partial charge in [-0.3, -0.25) is 4.57 Å².